The number of carboxylic acids is 1. The van der Waals surface area contributed by atoms with Crippen LogP contribution in [-0.4, -0.2) is 23.8 Å². The van der Waals surface area contributed by atoms with Gasteiger partial charge in [0.1, 0.15) is 6.61 Å². The fourth-order valence-corrected chi connectivity index (χ4v) is 5.88. The van der Waals surface area contributed by atoms with Crippen LogP contribution in [0.15, 0.2) is 59.1 Å². The fraction of sp³-hybridized carbons (Fsp3) is 0.217. The van der Waals surface area contributed by atoms with Crippen molar-refractivity contribution >= 4 is 39.3 Å². The molecule has 7 heteroatoms. The summed E-state index contributed by atoms with van der Waals surface area (Å²) in [7, 11) is 0. The maximum atomic E-state index is 12.6. The summed E-state index contributed by atoms with van der Waals surface area (Å²) < 4.78 is 6.35. The van der Waals surface area contributed by atoms with E-state index in [-0.39, 0.29) is 18.9 Å². The molecule has 1 atom stereocenters. The Hall–Kier alpha value is -2.64. The number of aliphatic carboxylic acids is 1. The van der Waals surface area contributed by atoms with Gasteiger partial charge in [0.05, 0.1) is 12.5 Å². The van der Waals surface area contributed by atoms with Gasteiger partial charge in [-0.1, -0.05) is 48.5 Å². The Kier molecular flexibility index (Phi) is 5.92. The van der Waals surface area contributed by atoms with Crippen LogP contribution < -0.4 is 5.32 Å². The summed E-state index contributed by atoms with van der Waals surface area (Å²) in [6.45, 7) is 2.12. The molecule has 0 radical (unpaired) electrons. The third kappa shape index (κ3) is 4.13. The molecule has 1 aromatic heterocycles. The number of carboxylic acid groups (broad SMARTS) is 1. The van der Waals surface area contributed by atoms with E-state index >= 15 is 0 Å². The molecular formula is C23H20BrNO4S. The van der Waals surface area contributed by atoms with Gasteiger partial charge in [0.2, 0.25) is 0 Å². The number of thiophene rings is 1. The molecule has 0 saturated carbocycles. The van der Waals surface area contributed by atoms with Crippen LogP contribution in [0.25, 0.3) is 11.1 Å². The van der Waals surface area contributed by atoms with Crippen molar-refractivity contribution < 1.29 is 19.4 Å². The van der Waals surface area contributed by atoms with E-state index in [4.69, 9.17) is 4.74 Å². The number of hydrogen-bond acceptors (Lipinski definition) is 4. The topological polar surface area (TPSA) is 75.6 Å². The number of ether oxygens (including phenoxy) is 1. The first-order valence-electron chi connectivity index (χ1n) is 9.53. The van der Waals surface area contributed by atoms with Gasteiger partial charge >= 0.3 is 12.1 Å². The molecule has 0 bridgehead atoms. The molecule has 1 amide bonds. The summed E-state index contributed by atoms with van der Waals surface area (Å²) in [4.78, 5) is 25.7. The monoisotopic (exact) mass is 485 g/mol. The Labute approximate surface area is 186 Å². The van der Waals surface area contributed by atoms with Crippen LogP contribution in [0.4, 0.5) is 4.79 Å². The number of nitrogens with one attached hydrogen (secondary N) is 1. The Morgan fingerprint density at radius 2 is 1.73 bits per heavy atom. The number of hydrogen-bond donors (Lipinski definition) is 2. The standard InChI is InChI=1S/C23H20BrNO4S/c1-13-10-19(24)22(30-13)20(11-21(26)27)25-23(28)29-12-18-16-8-4-2-6-14(16)15-7-3-5-9-17(15)18/h2-10,18,20H,11-12H2,1H3,(H,25,28)(H,26,27)/t20-/m0/s1. The summed E-state index contributed by atoms with van der Waals surface area (Å²) in [5.41, 5.74) is 4.57. The molecule has 154 valence electrons. The van der Waals surface area contributed by atoms with E-state index < -0.39 is 18.1 Å². The number of fused-ring (bicyclic) bond motifs is 3. The van der Waals surface area contributed by atoms with Gasteiger partial charge in [-0.2, -0.15) is 0 Å². The predicted molar refractivity (Wildman–Crippen MR) is 120 cm³/mol. The highest BCUT2D eigenvalue weighted by Crippen LogP contribution is 2.44. The smallest absolute Gasteiger partial charge is 0.407 e. The van der Waals surface area contributed by atoms with Gasteiger partial charge in [-0.05, 0) is 51.2 Å². The molecule has 0 aliphatic heterocycles. The molecule has 0 unspecified atom stereocenters. The van der Waals surface area contributed by atoms with Crippen LogP contribution >= 0.6 is 27.3 Å². The Bertz CT molecular complexity index is 1060. The zero-order valence-electron chi connectivity index (χ0n) is 16.2. The lowest BCUT2D eigenvalue weighted by molar-refractivity contribution is -0.137. The highest BCUT2D eigenvalue weighted by Gasteiger charge is 2.30. The van der Waals surface area contributed by atoms with Crippen molar-refractivity contribution in [1.82, 2.24) is 5.32 Å². The van der Waals surface area contributed by atoms with Gasteiger partial charge in [0.25, 0.3) is 0 Å². The highest BCUT2D eigenvalue weighted by molar-refractivity contribution is 9.10. The molecule has 0 spiro atoms. The Morgan fingerprint density at radius 1 is 1.13 bits per heavy atom. The van der Waals surface area contributed by atoms with E-state index in [0.717, 1.165) is 36.5 Å². The van der Waals surface area contributed by atoms with Crippen molar-refractivity contribution in [3.05, 3.63) is 80.0 Å². The van der Waals surface area contributed by atoms with E-state index in [9.17, 15) is 14.7 Å². The Balaban J connectivity index is 1.49. The van der Waals surface area contributed by atoms with Gasteiger partial charge in [-0.15, -0.1) is 11.3 Å². The van der Waals surface area contributed by atoms with Crippen LogP contribution in [0.5, 0.6) is 0 Å². The summed E-state index contributed by atoms with van der Waals surface area (Å²) in [5.74, 6) is -1.03. The van der Waals surface area contributed by atoms with Gasteiger partial charge in [0, 0.05) is 20.1 Å². The second-order valence-electron chi connectivity index (χ2n) is 7.19. The largest absolute Gasteiger partial charge is 0.481 e. The number of alkyl carbamates (subject to hydrolysis) is 1. The zero-order valence-corrected chi connectivity index (χ0v) is 18.6. The van der Waals surface area contributed by atoms with Crippen LogP contribution in [-0.2, 0) is 9.53 Å². The number of aryl methyl sites for hydroxylation is 1. The van der Waals surface area contributed by atoms with Crippen LogP contribution in [0, 0.1) is 6.92 Å². The minimum Gasteiger partial charge on any atom is -0.481 e. The number of rotatable bonds is 6. The van der Waals surface area contributed by atoms with Gasteiger partial charge in [-0.3, -0.25) is 4.79 Å². The van der Waals surface area contributed by atoms with E-state index in [1.165, 1.54) is 11.3 Å². The fourth-order valence-electron chi connectivity index (χ4n) is 3.91. The first-order valence-corrected chi connectivity index (χ1v) is 11.1. The van der Waals surface area contributed by atoms with Crippen LogP contribution in [0.1, 0.15) is 39.3 Å². The maximum absolute atomic E-state index is 12.6. The van der Waals surface area contributed by atoms with Crippen molar-refractivity contribution in [2.24, 2.45) is 0 Å². The lowest BCUT2D eigenvalue weighted by Crippen LogP contribution is -2.31. The van der Waals surface area contributed by atoms with E-state index in [1.807, 2.05) is 37.3 Å². The number of amides is 1. The molecule has 2 N–H and O–H groups in total. The number of halogens is 1. The normalized spacial score (nSPS) is 13.4. The van der Waals surface area contributed by atoms with Gasteiger partial charge in [-0.25, -0.2) is 4.79 Å². The van der Waals surface area contributed by atoms with Crippen LogP contribution in [0.3, 0.4) is 0 Å². The lowest BCUT2D eigenvalue weighted by Gasteiger charge is -2.18. The summed E-state index contributed by atoms with van der Waals surface area (Å²) in [5, 5.41) is 12.0. The molecule has 2 aromatic carbocycles. The van der Waals surface area contributed by atoms with E-state index in [1.54, 1.807) is 0 Å². The molecular weight excluding hydrogens is 466 g/mol. The SMILES string of the molecule is Cc1cc(Br)c([C@H](CC(=O)O)NC(=O)OCC2c3ccccc3-c3ccccc32)s1. The Morgan fingerprint density at radius 3 is 2.27 bits per heavy atom. The van der Waals surface area contributed by atoms with Crippen molar-refractivity contribution in [1.29, 1.82) is 0 Å². The summed E-state index contributed by atoms with van der Waals surface area (Å²) in [6.07, 6.45) is -0.844. The second-order valence-corrected chi connectivity index (χ2v) is 9.33. The summed E-state index contributed by atoms with van der Waals surface area (Å²) in [6, 6.07) is 17.5. The van der Waals surface area contributed by atoms with E-state index in [0.29, 0.717) is 0 Å². The molecule has 0 fully saturated rings. The number of benzene rings is 2. The lowest BCUT2D eigenvalue weighted by atomic mass is 9.98. The van der Waals surface area contributed by atoms with Crippen molar-refractivity contribution in [2.75, 3.05) is 6.61 Å². The molecule has 1 aliphatic carbocycles. The molecule has 1 heterocycles. The minimum atomic E-state index is -0.989. The second kappa shape index (κ2) is 8.62. The molecule has 0 saturated heterocycles. The van der Waals surface area contributed by atoms with Crippen molar-refractivity contribution in [2.45, 2.75) is 25.3 Å². The number of carbonyl (C=O) groups excluding carboxylic acids is 1. The van der Waals surface area contributed by atoms with Gasteiger partial charge < -0.3 is 15.2 Å². The predicted octanol–water partition coefficient (Wildman–Crippen LogP) is 5.87. The minimum absolute atomic E-state index is 0.0446. The van der Waals surface area contributed by atoms with Crippen molar-refractivity contribution in [3.63, 3.8) is 0 Å². The molecule has 4 rings (SSSR count). The van der Waals surface area contributed by atoms with Crippen molar-refractivity contribution in [3.8, 4) is 11.1 Å². The molecule has 30 heavy (non-hydrogen) atoms. The highest BCUT2D eigenvalue weighted by atomic mass is 79.9. The molecule has 5 nitrogen and oxygen atoms in total. The zero-order chi connectivity index (χ0) is 21.3. The van der Waals surface area contributed by atoms with Gasteiger partial charge in [0.15, 0.2) is 0 Å². The summed E-state index contributed by atoms with van der Waals surface area (Å²) >= 11 is 4.90. The third-order valence-corrected chi connectivity index (χ3v) is 7.25. The average molecular weight is 486 g/mol. The average Bonchev–Trinajstić information content (AvgIpc) is 3.22. The number of carbonyl (C=O) groups is 2. The first kappa shape index (κ1) is 20.6. The van der Waals surface area contributed by atoms with Crippen LogP contribution in [0.2, 0.25) is 0 Å². The quantitative estimate of drug-likeness (QED) is 0.457. The molecule has 1 aliphatic rings. The molecule has 3 aromatic rings. The maximum Gasteiger partial charge on any atom is 0.407 e. The van der Waals surface area contributed by atoms with E-state index in [2.05, 4.69) is 45.5 Å². The first-order chi connectivity index (χ1) is 14.4. The third-order valence-electron chi connectivity index (χ3n) is 5.17.